The van der Waals surface area contributed by atoms with Crippen molar-refractivity contribution in [1.29, 1.82) is 0 Å². The second-order valence-electron chi connectivity index (χ2n) is 5.70. The van der Waals surface area contributed by atoms with Crippen LogP contribution in [0.4, 0.5) is 4.39 Å². The molecule has 0 fully saturated rings. The van der Waals surface area contributed by atoms with E-state index < -0.39 is 8.07 Å². The molecule has 1 aromatic rings. The Balaban J connectivity index is 2.60. The normalized spacial score (nSPS) is 13.8. The van der Waals surface area contributed by atoms with Gasteiger partial charge < -0.3 is 5.73 Å². The SMILES string of the molecule is C[Si](C)(C)CC(CN)Cc1ccc(F)cc1. The van der Waals surface area contributed by atoms with E-state index in [2.05, 4.69) is 19.6 Å². The molecule has 0 aromatic heterocycles. The van der Waals surface area contributed by atoms with Gasteiger partial charge in [0.25, 0.3) is 0 Å². The molecule has 1 aromatic carbocycles. The molecule has 1 nitrogen and oxygen atoms in total. The summed E-state index contributed by atoms with van der Waals surface area (Å²) in [6.45, 7) is 7.81. The Morgan fingerprint density at radius 1 is 1.19 bits per heavy atom. The molecule has 1 rings (SSSR count). The first-order chi connectivity index (χ1) is 7.40. The van der Waals surface area contributed by atoms with Crippen molar-refractivity contribution in [3.63, 3.8) is 0 Å². The van der Waals surface area contributed by atoms with Gasteiger partial charge in [-0.05, 0) is 36.6 Å². The summed E-state index contributed by atoms with van der Waals surface area (Å²) in [5, 5.41) is 0. The van der Waals surface area contributed by atoms with Crippen molar-refractivity contribution in [2.75, 3.05) is 6.54 Å². The predicted octanol–water partition coefficient (Wildman–Crippen LogP) is 3.28. The third-order valence-corrected chi connectivity index (χ3v) is 4.47. The molecule has 90 valence electrons. The smallest absolute Gasteiger partial charge is 0.123 e. The minimum absolute atomic E-state index is 0.168. The molecule has 1 atom stereocenters. The van der Waals surface area contributed by atoms with E-state index in [1.54, 1.807) is 0 Å². The largest absolute Gasteiger partial charge is 0.330 e. The van der Waals surface area contributed by atoms with Crippen molar-refractivity contribution in [1.82, 2.24) is 0 Å². The van der Waals surface area contributed by atoms with Gasteiger partial charge in [0.05, 0.1) is 0 Å². The lowest BCUT2D eigenvalue weighted by molar-refractivity contribution is 0.581. The zero-order valence-corrected chi connectivity index (χ0v) is 11.5. The van der Waals surface area contributed by atoms with Crippen LogP contribution in [-0.4, -0.2) is 14.6 Å². The van der Waals surface area contributed by atoms with Gasteiger partial charge in [0.1, 0.15) is 5.82 Å². The molecule has 16 heavy (non-hydrogen) atoms. The van der Waals surface area contributed by atoms with E-state index in [4.69, 9.17) is 5.73 Å². The van der Waals surface area contributed by atoms with Crippen LogP contribution in [0, 0.1) is 11.7 Å². The highest BCUT2D eigenvalue weighted by atomic mass is 28.3. The second kappa shape index (κ2) is 5.59. The van der Waals surface area contributed by atoms with E-state index >= 15 is 0 Å². The van der Waals surface area contributed by atoms with Gasteiger partial charge in [-0.3, -0.25) is 0 Å². The van der Waals surface area contributed by atoms with Crippen molar-refractivity contribution < 1.29 is 4.39 Å². The second-order valence-corrected chi connectivity index (χ2v) is 11.2. The summed E-state index contributed by atoms with van der Waals surface area (Å²) in [6.07, 6.45) is 0.973. The molecule has 0 heterocycles. The van der Waals surface area contributed by atoms with Crippen LogP contribution in [0.2, 0.25) is 25.7 Å². The summed E-state index contributed by atoms with van der Waals surface area (Å²) in [7, 11) is -1.06. The van der Waals surface area contributed by atoms with Crippen molar-refractivity contribution in [3.8, 4) is 0 Å². The van der Waals surface area contributed by atoms with Gasteiger partial charge in [0.15, 0.2) is 0 Å². The van der Waals surface area contributed by atoms with Gasteiger partial charge in [0, 0.05) is 8.07 Å². The molecular formula is C13H22FNSi. The fourth-order valence-corrected chi connectivity index (χ4v) is 4.10. The molecule has 0 bridgehead atoms. The van der Waals surface area contributed by atoms with Crippen LogP contribution in [0.1, 0.15) is 5.56 Å². The Morgan fingerprint density at radius 2 is 1.75 bits per heavy atom. The summed E-state index contributed by atoms with van der Waals surface area (Å²) < 4.78 is 12.8. The van der Waals surface area contributed by atoms with Crippen LogP contribution in [0.15, 0.2) is 24.3 Å². The fraction of sp³-hybridized carbons (Fsp3) is 0.538. The highest BCUT2D eigenvalue weighted by Gasteiger charge is 2.19. The molecule has 0 aliphatic rings. The van der Waals surface area contributed by atoms with Crippen LogP contribution in [0.5, 0.6) is 0 Å². The number of hydrogen-bond acceptors (Lipinski definition) is 1. The van der Waals surface area contributed by atoms with E-state index in [9.17, 15) is 4.39 Å². The Morgan fingerprint density at radius 3 is 2.19 bits per heavy atom. The van der Waals surface area contributed by atoms with Crippen LogP contribution in [-0.2, 0) is 6.42 Å². The van der Waals surface area contributed by atoms with Gasteiger partial charge in [0.2, 0.25) is 0 Å². The molecule has 0 spiro atoms. The number of benzene rings is 1. The summed E-state index contributed by atoms with van der Waals surface area (Å²) in [4.78, 5) is 0. The third kappa shape index (κ3) is 4.90. The first kappa shape index (κ1) is 13.4. The monoisotopic (exact) mass is 239 g/mol. The number of rotatable bonds is 5. The first-order valence-corrected chi connectivity index (χ1v) is 9.56. The Kier molecular flexibility index (Phi) is 4.68. The van der Waals surface area contributed by atoms with Crippen molar-refractivity contribution in [3.05, 3.63) is 35.6 Å². The minimum atomic E-state index is -1.06. The van der Waals surface area contributed by atoms with Crippen molar-refractivity contribution in [2.24, 2.45) is 11.7 Å². The molecule has 0 saturated carbocycles. The van der Waals surface area contributed by atoms with Gasteiger partial charge in [-0.1, -0.05) is 37.8 Å². The topological polar surface area (TPSA) is 26.0 Å². The predicted molar refractivity (Wildman–Crippen MR) is 70.8 cm³/mol. The molecule has 0 aliphatic heterocycles. The molecule has 0 radical (unpaired) electrons. The number of hydrogen-bond donors (Lipinski definition) is 1. The third-order valence-electron chi connectivity index (χ3n) is 2.67. The lowest BCUT2D eigenvalue weighted by atomic mass is 10.0. The number of nitrogens with two attached hydrogens (primary N) is 1. The van der Waals surface area contributed by atoms with Crippen LogP contribution in [0.3, 0.4) is 0 Å². The molecule has 0 saturated heterocycles. The summed E-state index contributed by atoms with van der Waals surface area (Å²) in [5.41, 5.74) is 7.00. The highest BCUT2D eigenvalue weighted by Crippen LogP contribution is 2.20. The standard InChI is InChI=1S/C13H22FNSi/c1-16(2,3)10-12(9-15)8-11-4-6-13(14)7-5-11/h4-7,12H,8-10,15H2,1-3H3. The molecular weight excluding hydrogens is 217 g/mol. The zero-order chi connectivity index (χ0) is 12.2. The molecule has 0 aliphatic carbocycles. The molecule has 1 unspecified atom stereocenters. The number of halogens is 1. The fourth-order valence-electron chi connectivity index (χ4n) is 2.06. The van der Waals surface area contributed by atoms with E-state index in [1.165, 1.54) is 23.7 Å². The van der Waals surface area contributed by atoms with Crippen molar-refractivity contribution in [2.45, 2.75) is 32.1 Å². The summed E-state index contributed by atoms with van der Waals surface area (Å²) >= 11 is 0. The average molecular weight is 239 g/mol. The van der Waals surface area contributed by atoms with Gasteiger partial charge in [-0.2, -0.15) is 0 Å². The van der Waals surface area contributed by atoms with E-state index in [1.807, 2.05) is 12.1 Å². The van der Waals surface area contributed by atoms with E-state index in [-0.39, 0.29) is 5.82 Å². The lowest BCUT2D eigenvalue weighted by Crippen LogP contribution is -2.29. The van der Waals surface area contributed by atoms with Crippen LogP contribution >= 0.6 is 0 Å². The summed E-state index contributed by atoms with van der Waals surface area (Å²) in [6, 6.07) is 8.01. The Labute approximate surface area is 98.9 Å². The average Bonchev–Trinajstić information content (AvgIpc) is 2.18. The Hall–Kier alpha value is -0.673. The van der Waals surface area contributed by atoms with Crippen LogP contribution in [0.25, 0.3) is 0 Å². The van der Waals surface area contributed by atoms with Crippen molar-refractivity contribution >= 4 is 8.07 Å². The summed E-state index contributed by atoms with van der Waals surface area (Å²) in [5.74, 6) is 0.371. The Bertz CT molecular complexity index is 316. The minimum Gasteiger partial charge on any atom is -0.330 e. The zero-order valence-electron chi connectivity index (χ0n) is 10.5. The van der Waals surface area contributed by atoms with E-state index in [0.717, 1.165) is 13.0 Å². The molecule has 0 amide bonds. The maximum absolute atomic E-state index is 12.8. The molecule has 2 N–H and O–H groups in total. The maximum Gasteiger partial charge on any atom is 0.123 e. The van der Waals surface area contributed by atoms with E-state index in [0.29, 0.717) is 5.92 Å². The van der Waals surface area contributed by atoms with Gasteiger partial charge in [-0.15, -0.1) is 0 Å². The highest BCUT2D eigenvalue weighted by molar-refractivity contribution is 6.76. The van der Waals surface area contributed by atoms with Gasteiger partial charge >= 0.3 is 0 Å². The first-order valence-electron chi connectivity index (χ1n) is 5.85. The quantitative estimate of drug-likeness (QED) is 0.784. The lowest BCUT2D eigenvalue weighted by Gasteiger charge is -2.23. The maximum atomic E-state index is 12.8. The van der Waals surface area contributed by atoms with Gasteiger partial charge in [-0.25, -0.2) is 4.39 Å². The molecule has 3 heteroatoms. The van der Waals surface area contributed by atoms with Crippen LogP contribution < -0.4 is 5.73 Å².